The lowest BCUT2D eigenvalue weighted by atomic mass is 9.78. The van der Waals surface area contributed by atoms with E-state index in [1.807, 2.05) is 82.3 Å². The first-order valence-corrected chi connectivity index (χ1v) is 10.2. The molecule has 2 aromatic carbocycles. The van der Waals surface area contributed by atoms with Crippen molar-refractivity contribution in [3.05, 3.63) is 65.7 Å². The quantitative estimate of drug-likeness (QED) is 0.663. The van der Waals surface area contributed by atoms with Gasteiger partial charge in [0.25, 0.3) is 0 Å². The van der Waals surface area contributed by atoms with Crippen molar-refractivity contribution in [3.8, 4) is 0 Å². The first-order valence-electron chi connectivity index (χ1n) is 10.2. The molecule has 1 aliphatic heterocycles. The van der Waals surface area contributed by atoms with Crippen LogP contribution in [0.5, 0.6) is 0 Å². The molecule has 164 valence electrons. The van der Waals surface area contributed by atoms with Gasteiger partial charge in [-0.3, -0.25) is 0 Å². The second-order valence-corrected chi connectivity index (χ2v) is 8.63. The molecule has 0 saturated carbocycles. The number of rotatable bonds is 7. The second-order valence-electron chi connectivity index (χ2n) is 8.63. The van der Waals surface area contributed by atoms with Crippen molar-refractivity contribution in [3.63, 3.8) is 0 Å². The number of alkyl carbamates (subject to hydrolysis) is 1. The summed E-state index contributed by atoms with van der Waals surface area (Å²) in [6, 6.07) is 15.4. The smallest absolute Gasteiger partial charge is 0.480 e. The summed E-state index contributed by atoms with van der Waals surface area (Å²) in [5, 5.41) is 11.9. The molecule has 0 aromatic heterocycles. The topological polar surface area (TPSA) is 94.1 Å². The fraction of sp³-hybridized carbons (Fsp3) is 0.391. The van der Waals surface area contributed by atoms with E-state index in [1.165, 1.54) is 0 Å². The molecule has 3 rings (SSSR count). The van der Waals surface area contributed by atoms with E-state index in [4.69, 9.17) is 14.0 Å². The molecule has 0 spiro atoms. The van der Waals surface area contributed by atoms with Crippen LogP contribution in [0.15, 0.2) is 54.6 Å². The first-order chi connectivity index (χ1) is 14.6. The van der Waals surface area contributed by atoms with Crippen molar-refractivity contribution in [2.75, 3.05) is 0 Å². The van der Waals surface area contributed by atoms with Crippen LogP contribution in [0.25, 0.3) is 0 Å². The van der Waals surface area contributed by atoms with Crippen molar-refractivity contribution in [2.24, 2.45) is 0 Å². The summed E-state index contributed by atoms with van der Waals surface area (Å²) in [6.07, 6.45) is -0.649. The molecule has 1 saturated heterocycles. The molecule has 8 heteroatoms. The summed E-state index contributed by atoms with van der Waals surface area (Å²) < 4.78 is 17.2. The summed E-state index contributed by atoms with van der Waals surface area (Å²) >= 11 is 0. The van der Waals surface area contributed by atoms with Gasteiger partial charge in [-0.25, -0.2) is 9.59 Å². The van der Waals surface area contributed by atoms with Crippen LogP contribution in [0.1, 0.15) is 38.8 Å². The first kappa shape index (κ1) is 22.8. The van der Waals surface area contributed by atoms with Gasteiger partial charge in [-0.1, -0.05) is 54.6 Å². The number of hydrogen-bond donors (Lipinski definition) is 2. The van der Waals surface area contributed by atoms with Gasteiger partial charge in [-0.2, -0.15) is 0 Å². The van der Waals surface area contributed by atoms with E-state index in [-0.39, 0.29) is 13.0 Å². The van der Waals surface area contributed by atoms with Gasteiger partial charge < -0.3 is 24.5 Å². The predicted molar refractivity (Wildman–Crippen MR) is 117 cm³/mol. The minimum atomic E-state index is -1.13. The van der Waals surface area contributed by atoms with Gasteiger partial charge >= 0.3 is 19.2 Å². The molecule has 1 aliphatic rings. The number of benzene rings is 2. The van der Waals surface area contributed by atoms with Crippen molar-refractivity contribution >= 4 is 24.6 Å². The number of carboxylic acids is 1. The minimum Gasteiger partial charge on any atom is -0.480 e. The molecular formula is C23H28BNO6. The second kappa shape index (κ2) is 9.12. The Labute approximate surface area is 182 Å². The third-order valence-corrected chi connectivity index (χ3v) is 5.75. The third kappa shape index (κ3) is 5.65. The van der Waals surface area contributed by atoms with Crippen molar-refractivity contribution < 1.29 is 28.7 Å². The number of amides is 1. The van der Waals surface area contributed by atoms with Gasteiger partial charge in [0.2, 0.25) is 0 Å². The van der Waals surface area contributed by atoms with Crippen molar-refractivity contribution in [2.45, 2.75) is 58.0 Å². The van der Waals surface area contributed by atoms with E-state index in [2.05, 4.69) is 5.32 Å². The lowest BCUT2D eigenvalue weighted by Gasteiger charge is -2.32. The van der Waals surface area contributed by atoms with E-state index in [0.717, 1.165) is 16.6 Å². The Kier molecular flexibility index (Phi) is 6.72. The molecule has 1 unspecified atom stereocenters. The van der Waals surface area contributed by atoms with Gasteiger partial charge in [0.1, 0.15) is 12.6 Å². The Morgan fingerprint density at radius 1 is 0.968 bits per heavy atom. The zero-order valence-corrected chi connectivity index (χ0v) is 18.3. The fourth-order valence-electron chi connectivity index (χ4n) is 3.13. The predicted octanol–water partition coefficient (Wildman–Crippen LogP) is 2.91. The Bertz CT molecular complexity index is 897. The Hall–Kier alpha value is -2.84. The maximum Gasteiger partial charge on any atom is 0.494 e. The summed E-state index contributed by atoms with van der Waals surface area (Å²) in [6.45, 7) is 8.02. The van der Waals surface area contributed by atoms with E-state index in [0.29, 0.717) is 0 Å². The van der Waals surface area contributed by atoms with Crippen LogP contribution < -0.4 is 10.8 Å². The highest BCUT2D eigenvalue weighted by Gasteiger charge is 2.51. The number of ether oxygens (including phenoxy) is 1. The van der Waals surface area contributed by atoms with Gasteiger partial charge in [0, 0.05) is 6.42 Å². The monoisotopic (exact) mass is 425 g/mol. The van der Waals surface area contributed by atoms with E-state index in [9.17, 15) is 14.7 Å². The van der Waals surface area contributed by atoms with Crippen LogP contribution in [0.4, 0.5) is 4.79 Å². The van der Waals surface area contributed by atoms with Gasteiger partial charge in [0.05, 0.1) is 11.2 Å². The molecule has 1 heterocycles. The van der Waals surface area contributed by atoms with Crippen LogP contribution >= 0.6 is 0 Å². The zero-order chi connectivity index (χ0) is 22.6. The largest absolute Gasteiger partial charge is 0.494 e. The van der Waals surface area contributed by atoms with E-state index in [1.54, 1.807) is 0 Å². The molecule has 2 aromatic rings. The number of nitrogens with one attached hydrogen (secondary N) is 1. The lowest BCUT2D eigenvalue weighted by Crippen LogP contribution is -2.42. The van der Waals surface area contributed by atoms with Crippen LogP contribution in [0.2, 0.25) is 0 Å². The summed E-state index contributed by atoms with van der Waals surface area (Å²) in [5.74, 6) is -1.13. The molecule has 0 aliphatic carbocycles. The van der Waals surface area contributed by atoms with Crippen LogP contribution in [-0.4, -0.2) is 41.5 Å². The maximum absolute atomic E-state index is 12.0. The van der Waals surface area contributed by atoms with Gasteiger partial charge in [0.15, 0.2) is 0 Å². The highest BCUT2D eigenvalue weighted by atomic mass is 16.7. The number of carboxylic acid groups (broad SMARTS) is 1. The van der Waals surface area contributed by atoms with E-state index >= 15 is 0 Å². The average molecular weight is 425 g/mol. The van der Waals surface area contributed by atoms with Crippen LogP contribution in [-0.2, 0) is 31.9 Å². The number of carbonyl (C=O) groups is 2. The summed E-state index contributed by atoms with van der Waals surface area (Å²) in [7, 11) is -0.486. The maximum atomic E-state index is 12.0. The molecule has 1 fully saturated rings. The molecule has 1 atom stereocenters. The minimum absolute atomic E-state index is 0.0712. The fourth-order valence-corrected chi connectivity index (χ4v) is 3.13. The van der Waals surface area contributed by atoms with Crippen LogP contribution in [0.3, 0.4) is 0 Å². The number of aliphatic carboxylic acids is 1. The van der Waals surface area contributed by atoms with Gasteiger partial charge in [-0.05, 0) is 44.3 Å². The molecule has 0 bridgehead atoms. The summed E-state index contributed by atoms with van der Waals surface area (Å²) in [5.41, 5.74) is 1.56. The summed E-state index contributed by atoms with van der Waals surface area (Å²) in [4.78, 5) is 23.7. The number of carbonyl (C=O) groups excluding carboxylic acids is 1. The molecule has 2 N–H and O–H groups in total. The Balaban J connectivity index is 1.58. The highest BCUT2D eigenvalue weighted by Crippen LogP contribution is 2.36. The van der Waals surface area contributed by atoms with Gasteiger partial charge in [-0.15, -0.1) is 0 Å². The number of hydrogen-bond acceptors (Lipinski definition) is 5. The van der Waals surface area contributed by atoms with Crippen molar-refractivity contribution in [1.29, 1.82) is 0 Å². The SMILES string of the molecule is CC1(C)OB(c2ccc(CC(NC(=O)OCc3ccccc3)C(=O)O)cc2)OC1(C)C. The Morgan fingerprint density at radius 3 is 2.10 bits per heavy atom. The standard InChI is InChI=1S/C23H28BNO6/c1-22(2)23(3,4)31-24(30-22)18-12-10-16(11-13-18)14-19(20(26)27)25-21(28)29-15-17-8-6-5-7-9-17/h5-13,19H,14-15H2,1-4H3,(H,25,28)(H,26,27). The molecular weight excluding hydrogens is 397 g/mol. The van der Waals surface area contributed by atoms with E-state index < -0.39 is 36.4 Å². The van der Waals surface area contributed by atoms with Crippen molar-refractivity contribution in [1.82, 2.24) is 5.32 Å². The molecule has 31 heavy (non-hydrogen) atoms. The lowest BCUT2D eigenvalue weighted by molar-refractivity contribution is -0.139. The zero-order valence-electron chi connectivity index (χ0n) is 18.3. The third-order valence-electron chi connectivity index (χ3n) is 5.75. The molecule has 1 amide bonds. The Morgan fingerprint density at radius 2 is 1.55 bits per heavy atom. The normalized spacial score (nSPS) is 17.7. The molecule has 0 radical (unpaired) electrons. The molecule has 7 nitrogen and oxygen atoms in total. The highest BCUT2D eigenvalue weighted by molar-refractivity contribution is 6.62. The van der Waals surface area contributed by atoms with Crippen LogP contribution in [0, 0.1) is 0 Å². The average Bonchev–Trinajstić information content (AvgIpc) is 2.94.